The predicted molar refractivity (Wildman–Crippen MR) is 119 cm³/mol. The fourth-order valence-corrected chi connectivity index (χ4v) is 5.44. The van der Waals surface area contributed by atoms with Crippen LogP contribution in [0.1, 0.15) is 72.1 Å². The molecule has 1 amide bonds. The van der Waals surface area contributed by atoms with Gasteiger partial charge >= 0.3 is 5.97 Å². The predicted octanol–water partition coefficient (Wildman–Crippen LogP) is 3.15. The third-order valence-electron chi connectivity index (χ3n) is 7.36. The summed E-state index contributed by atoms with van der Waals surface area (Å²) in [7, 11) is 0. The Morgan fingerprint density at radius 1 is 1.00 bits per heavy atom. The van der Waals surface area contributed by atoms with Gasteiger partial charge in [-0.05, 0) is 77.4 Å². The van der Waals surface area contributed by atoms with Gasteiger partial charge < -0.3 is 14.5 Å². The van der Waals surface area contributed by atoms with Crippen molar-refractivity contribution in [2.75, 3.05) is 45.9 Å². The van der Waals surface area contributed by atoms with E-state index in [-0.39, 0.29) is 11.9 Å². The lowest BCUT2D eigenvalue weighted by Gasteiger charge is -2.43. The number of rotatable bonds is 7. The Kier molecular flexibility index (Phi) is 8.99. The zero-order chi connectivity index (χ0) is 21.5. The van der Waals surface area contributed by atoms with Gasteiger partial charge in [-0.25, -0.2) is 0 Å². The van der Waals surface area contributed by atoms with E-state index in [0.29, 0.717) is 36.9 Å². The molecule has 0 aromatic rings. The molecule has 2 atom stereocenters. The zero-order valence-corrected chi connectivity index (χ0v) is 19.5. The van der Waals surface area contributed by atoms with Crippen LogP contribution in [0.25, 0.3) is 0 Å². The number of carbonyl (C=O) groups excluding carboxylic acids is 2. The fourth-order valence-electron chi connectivity index (χ4n) is 5.44. The Balaban J connectivity index is 1.45. The van der Waals surface area contributed by atoms with Crippen LogP contribution in [0, 0.1) is 11.8 Å². The van der Waals surface area contributed by atoms with Gasteiger partial charge in [0.05, 0.1) is 12.5 Å². The third kappa shape index (κ3) is 6.43. The SMILES string of the molecule is CCOC(=O)[C@H]1CCCN(C2CCN([C@@H]3CCC(=O)N(CCC(C)C)CC3)CC2)C1. The smallest absolute Gasteiger partial charge is 0.310 e. The maximum absolute atomic E-state index is 12.5. The van der Waals surface area contributed by atoms with Gasteiger partial charge in [0.1, 0.15) is 0 Å². The Labute approximate surface area is 183 Å². The molecular formula is C24H43N3O3. The van der Waals surface area contributed by atoms with E-state index < -0.39 is 0 Å². The second-order valence-corrected chi connectivity index (χ2v) is 9.90. The van der Waals surface area contributed by atoms with Crippen LogP contribution in [0.4, 0.5) is 0 Å². The number of amides is 1. The maximum Gasteiger partial charge on any atom is 0.310 e. The van der Waals surface area contributed by atoms with Gasteiger partial charge in [0.15, 0.2) is 0 Å². The molecule has 6 heteroatoms. The normalized spacial score (nSPS) is 28.0. The number of hydrogen-bond acceptors (Lipinski definition) is 5. The highest BCUT2D eigenvalue weighted by Crippen LogP contribution is 2.27. The lowest BCUT2D eigenvalue weighted by atomic mass is 9.93. The topological polar surface area (TPSA) is 53.1 Å². The van der Waals surface area contributed by atoms with E-state index in [0.717, 1.165) is 71.4 Å². The number of nitrogens with zero attached hydrogens (tertiary/aromatic N) is 3. The van der Waals surface area contributed by atoms with Crippen LogP contribution in [0.5, 0.6) is 0 Å². The first-order chi connectivity index (χ1) is 14.5. The first-order valence-corrected chi connectivity index (χ1v) is 12.4. The largest absolute Gasteiger partial charge is 0.466 e. The summed E-state index contributed by atoms with van der Waals surface area (Å²) in [5.41, 5.74) is 0. The average Bonchev–Trinajstić information content (AvgIpc) is 2.94. The van der Waals surface area contributed by atoms with Crippen LogP contribution in [0.2, 0.25) is 0 Å². The summed E-state index contributed by atoms with van der Waals surface area (Å²) in [4.78, 5) is 32.0. The molecule has 0 spiro atoms. The minimum absolute atomic E-state index is 0.00946. The van der Waals surface area contributed by atoms with Crippen molar-refractivity contribution in [3.8, 4) is 0 Å². The molecule has 0 aromatic heterocycles. The van der Waals surface area contributed by atoms with Crippen LogP contribution in [-0.2, 0) is 14.3 Å². The van der Waals surface area contributed by atoms with Crippen LogP contribution in [0.15, 0.2) is 0 Å². The molecule has 3 aliphatic rings. The van der Waals surface area contributed by atoms with E-state index in [1.807, 2.05) is 6.92 Å². The molecule has 0 aromatic carbocycles. The standard InChI is InChI=1S/C24H43N3O3/c1-4-30-24(29)20-6-5-13-27(18-20)22-10-15-25(16-11-22)21-7-8-23(28)26(17-12-21)14-9-19(2)3/h19-22H,4-18H2,1-3H3/t20-,21+/m0/s1. The van der Waals surface area contributed by atoms with Crippen molar-refractivity contribution in [3.05, 3.63) is 0 Å². The number of likely N-dealkylation sites (tertiary alicyclic amines) is 3. The van der Waals surface area contributed by atoms with Crippen molar-refractivity contribution in [3.63, 3.8) is 0 Å². The summed E-state index contributed by atoms with van der Waals surface area (Å²) in [5, 5.41) is 0. The third-order valence-corrected chi connectivity index (χ3v) is 7.36. The summed E-state index contributed by atoms with van der Waals surface area (Å²) < 4.78 is 5.27. The monoisotopic (exact) mass is 421 g/mol. The lowest BCUT2D eigenvalue weighted by molar-refractivity contribution is -0.150. The first-order valence-electron chi connectivity index (χ1n) is 12.4. The number of esters is 1. The zero-order valence-electron chi connectivity index (χ0n) is 19.5. The molecular weight excluding hydrogens is 378 g/mol. The van der Waals surface area contributed by atoms with Gasteiger partial charge in [0, 0.05) is 38.1 Å². The molecule has 0 saturated carbocycles. The lowest BCUT2D eigenvalue weighted by Crippen LogP contribution is -2.51. The Morgan fingerprint density at radius 3 is 2.40 bits per heavy atom. The van der Waals surface area contributed by atoms with E-state index in [4.69, 9.17) is 4.74 Å². The molecule has 30 heavy (non-hydrogen) atoms. The van der Waals surface area contributed by atoms with E-state index in [1.165, 1.54) is 12.8 Å². The molecule has 0 bridgehead atoms. The molecule has 3 rings (SSSR count). The molecule has 0 radical (unpaired) electrons. The number of carbonyl (C=O) groups is 2. The molecule has 3 saturated heterocycles. The molecule has 6 nitrogen and oxygen atoms in total. The van der Waals surface area contributed by atoms with E-state index in [1.54, 1.807) is 0 Å². The minimum Gasteiger partial charge on any atom is -0.466 e. The molecule has 3 heterocycles. The summed E-state index contributed by atoms with van der Waals surface area (Å²) in [6.45, 7) is 12.9. The molecule has 0 N–H and O–H groups in total. The van der Waals surface area contributed by atoms with Gasteiger partial charge in [-0.3, -0.25) is 14.5 Å². The Hall–Kier alpha value is -1.14. The number of ether oxygens (including phenoxy) is 1. The molecule has 3 aliphatic heterocycles. The van der Waals surface area contributed by atoms with Crippen molar-refractivity contribution in [2.24, 2.45) is 11.8 Å². The van der Waals surface area contributed by atoms with Gasteiger partial charge in [-0.2, -0.15) is 0 Å². The van der Waals surface area contributed by atoms with Gasteiger partial charge in [-0.1, -0.05) is 13.8 Å². The van der Waals surface area contributed by atoms with Crippen molar-refractivity contribution in [2.45, 2.75) is 84.2 Å². The highest BCUT2D eigenvalue weighted by molar-refractivity contribution is 5.76. The van der Waals surface area contributed by atoms with Crippen molar-refractivity contribution in [1.82, 2.24) is 14.7 Å². The first kappa shape index (κ1) is 23.5. The van der Waals surface area contributed by atoms with Crippen LogP contribution in [0.3, 0.4) is 0 Å². The van der Waals surface area contributed by atoms with E-state index in [2.05, 4.69) is 28.5 Å². The van der Waals surface area contributed by atoms with Gasteiger partial charge in [0.25, 0.3) is 0 Å². The van der Waals surface area contributed by atoms with Crippen molar-refractivity contribution < 1.29 is 14.3 Å². The Bertz CT molecular complexity index is 560. The number of piperidine rings is 2. The maximum atomic E-state index is 12.5. The molecule has 172 valence electrons. The van der Waals surface area contributed by atoms with Crippen molar-refractivity contribution in [1.29, 1.82) is 0 Å². The summed E-state index contributed by atoms with van der Waals surface area (Å²) in [6.07, 6.45) is 8.35. The summed E-state index contributed by atoms with van der Waals surface area (Å²) in [6, 6.07) is 1.14. The molecule has 3 fully saturated rings. The van der Waals surface area contributed by atoms with E-state index in [9.17, 15) is 9.59 Å². The van der Waals surface area contributed by atoms with Gasteiger partial charge in [0.2, 0.25) is 5.91 Å². The number of hydrogen-bond donors (Lipinski definition) is 0. The van der Waals surface area contributed by atoms with Crippen molar-refractivity contribution >= 4 is 11.9 Å². The highest BCUT2D eigenvalue weighted by Gasteiger charge is 2.34. The van der Waals surface area contributed by atoms with Crippen LogP contribution < -0.4 is 0 Å². The highest BCUT2D eigenvalue weighted by atomic mass is 16.5. The second-order valence-electron chi connectivity index (χ2n) is 9.90. The minimum atomic E-state index is -0.00946. The van der Waals surface area contributed by atoms with E-state index >= 15 is 0 Å². The van der Waals surface area contributed by atoms with Crippen LogP contribution >= 0.6 is 0 Å². The average molecular weight is 422 g/mol. The molecule has 0 unspecified atom stereocenters. The quantitative estimate of drug-likeness (QED) is 0.591. The Morgan fingerprint density at radius 2 is 1.70 bits per heavy atom. The fraction of sp³-hybridized carbons (Fsp3) is 0.917. The van der Waals surface area contributed by atoms with Crippen LogP contribution in [-0.4, -0.2) is 84.5 Å². The summed E-state index contributed by atoms with van der Waals surface area (Å²) >= 11 is 0. The van der Waals surface area contributed by atoms with Gasteiger partial charge in [-0.15, -0.1) is 0 Å². The second kappa shape index (κ2) is 11.5. The molecule has 0 aliphatic carbocycles. The summed E-state index contributed by atoms with van der Waals surface area (Å²) in [5.74, 6) is 1.05.